The summed E-state index contributed by atoms with van der Waals surface area (Å²) in [5.41, 5.74) is 5.37. The summed E-state index contributed by atoms with van der Waals surface area (Å²) in [4.78, 5) is 0. The van der Waals surface area contributed by atoms with E-state index < -0.39 is 5.54 Å². The van der Waals surface area contributed by atoms with E-state index in [0.717, 1.165) is 0 Å². The van der Waals surface area contributed by atoms with Crippen LogP contribution < -0.4 is 5.73 Å². The standard InChI is InChI=1S/C12H21N3O3/c1-2-16-9-12(15,10-17-7-3-5-13)11-18-8-4-6-14/h2-4,7-11,15H2,1H3. The second-order valence-corrected chi connectivity index (χ2v) is 3.92. The van der Waals surface area contributed by atoms with Crippen molar-refractivity contribution in [2.24, 2.45) is 5.73 Å². The van der Waals surface area contributed by atoms with E-state index in [-0.39, 0.29) is 13.2 Å². The second-order valence-electron chi connectivity index (χ2n) is 3.92. The molecule has 0 heterocycles. The van der Waals surface area contributed by atoms with Crippen molar-refractivity contribution in [2.45, 2.75) is 25.3 Å². The molecule has 0 aromatic carbocycles. The molecule has 0 aromatic heterocycles. The fourth-order valence-electron chi connectivity index (χ4n) is 1.22. The number of hydrogen-bond donors (Lipinski definition) is 1. The minimum Gasteiger partial charge on any atom is -0.380 e. The molecule has 0 rings (SSSR count). The van der Waals surface area contributed by atoms with Gasteiger partial charge in [0.1, 0.15) is 0 Å². The van der Waals surface area contributed by atoms with Crippen molar-refractivity contribution in [3.63, 3.8) is 0 Å². The van der Waals surface area contributed by atoms with Crippen molar-refractivity contribution in [2.75, 3.05) is 39.6 Å². The molecular formula is C12H21N3O3. The molecule has 0 saturated carbocycles. The predicted molar refractivity (Wildman–Crippen MR) is 65.5 cm³/mol. The summed E-state index contributed by atoms with van der Waals surface area (Å²) >= 11 is 0. The number of rotatable bonds is 11. The molecule has 0 aliphatic heterocycles. The molecule has 0 aromatic rings. The van der Waals surface area contributed by atoms with Crippen LogP contribution in [0.1, 0.15) is 19.8 Å². The zero-order chi connectivity index (χ0) is 13.7. The van der Waals surface area contributed by atoms with E-state index in [1.807, 2.05) is 19.1 Å². The molecule has 0 bridgehead atoms. The third-order valence-electron chi connectivity index (χ3n) is 2.09. The molecular weight excluding hydrogens is 234 g/mol. The van der Waals surface area contributed by atoms with Gasteiger partial charge in [0.15, 0.2) is 0 Å². The smallest absolute Gasteiger partial charge is 0.0865 e. The highest BCUT2D eigenvalue weighted by atomic mass is 16.5. The number of ether oxygens (including phenoxy) is 3. The molecule has 0 unspecified atom stereocenters. The van der Waals surface area contributed by atoms with Crippen molar-refractivity contribution >= 4 is 0 Å². The van der Waals surface area contributed by atoms with Gasteiger partial charge in [0.2, 0.25) is 0 Å². The van der Waals surface area contributed by atoms with Gasteiger partial charge in [-0.3, -0.25) is 0 Å². The fraction of sp³-hybridized carbons (Fsp3) is 0.833. The number of nitriles is 2. The third-order valence-corrected chi connectivity index (χ3v) is 2.09. The summed E-state index contributed by atoms with van der Waals surface area (Å²) in [5, 5.41) is 16.8. The highest BCUT2D eigenvalue weighted by molar-refractivity contribution is 4.84. The highest BCUT2D eigenvalue weighted by Gasteiger charge is 2.26. The lowest BCUT2D eigenvalue weighted by atomic mass is 10.1. The van der Waals surface area contributed by atoms with Gasteiger partial charge >= 0.3 is 0 Å². The van der Waals surface area contributed by atoms with Gasteiger partial charge in [-0.1, -0.05) is 0 Å². The molecule has 0 aliphatic carbocycles. The molecule has 2 N–H and O–H groups in total. The molecule has 0 saturated heterocycles. The van der Waals surface area contributed by atoms with Gasteiger partial charge < -0.3 is 19.9 Å². The van der Waals surface area contributed by atoms with Crippen molar-refractivity contribution < 1.29 is 14.2 Å². The van der Waals surface area contributed by atoms with Gasteiger partial charge in [-0.25, -0.2) is 0 Å². The van der Waals surface area contributed by atoms with Gasteiger partial charge in [-0.05, 0) is 6.92 Å². The summed E-state index contributed by atoms with van der Waals surface area (Å²) in [7, 11) is 0. The van der Waals surface area contributed by atoms with Gasteiger partial charge in [0, 0.05) is 6.61 Å². The van der Waals surface area contributed by atoms with Crippen LogP contribution in [-0.4, -0.2) is 45.2 Å². The molecule has 0 radical (unpaired) electrons. The Morgan fingerprint density at radius 1 is 0.944 bits per heavy atom. The Kier molecular flexibility index (Phi) is 10.2. The maximum atomic E-state index is 8.40. The van der Waals surface area contributed by atoms with E-state index in [9.17, 15) is 0 Å². The van der Waals surface area contributed by atoms with Gasteiger partial charge in [-0.2, -0.15) is 10.5 Å². The van der Waals surface area contributed by atoms with E-state index in [0.29, 0.717) is 39.3 Å². The molecule has 18 heavy (non-hydrogen) atoms. The van der Waals surface area contributed by atoms with Crippen molar-refractivity contribution in [3.05, 3.63) is 0 Å². The van der Waals surface area contributed by atoms with Crippen molar-refractivity contribution in [3.8, 4) is 12.1 Å². The Bertz CT molecular complexity index is 261. The lowest BCUT2D eigenvalue weighted by Crippen LogP contribution is -2.53. The van der Waals surface area contributed by atoms with E-state index in [1.165, 1.54) is 0 Å². The molecule has 6 nitrogen and oxygen atoms in total. The average Bonchev–Trinajstić information content (AvgIpc) is 2.38. The van der Waals surface area contributed by atoms with Crippen LogP contribution >= 0.6 is 0 Å². The lowest BCUT2D eigenvalue weighted by molar-refractivity contribution is -0.0185. The Morgan fingerprint density at radius 3 is 1.78 bits per heavy atom. The first-order chi connectivity index (χ1) is 8.68. The van der Waals surface area contributed by atoms with E-state index >= 15 is 0 Å². The lowest BCUT2D eigenvalue weighted by Gasteiger charge is -2.28. The SMILES string of the molecule is CCOCC(N)(COCCC#N)COCCC#N. The van der Waals surface area contributed by atoms with Crippen molar-refractivity contribution in [1.29, 1.82) is 10.5 Å². The van der Waals surface area contributed by atoms with Gasteiger partial charge in [0.05, 0.1) is 63.6 Å². The molecule has 0 spiro atoms. The normalized spacial score (nSPS) is 10.9. The van der Waals surface area contributed by atoms with Crippen LogP contribution in [0.5, 0.6) is 0 Å². The number of nitrogens with zero attached hydrogens (tertiary/aromatic N) is 2. The molecule has 0 amide bonds. The maximum absolute atomic E-state index is 8.40. The van der Waals surface area contributed by atoms with Crippen LogP contribution in [0.15, 0.2) is 0 Å². The zero-order valence-electron chi connectivity index (χ0n) is 10.9. The van der Waals surface area contributed by atoms with E-state index in [1.54, 1.807) is 0 Å². The quantitative estimate of drug-likeness (QED) is 0.542. The van der Waals surface area contributed by atoms with Crippen LogP contribution in [0.3, 0.4) is 0 Å². The maximum Gasteiger partial charge on any atom is 0.0865 e. The minimum absolute atomic E-state index is 0.265. The summed E-state index contributed by atoms with van der Waals surface area (Å²) < 4.78 is 15.9. The molecule has 0 aliphatic rings. The Balaban J connectivity index is 3.99. The number of hydrogen-bond acceptors (Lipinski definition) is 6. The topological polar surface area (TPSA) is 101 Å². The largest absolute Gasteiger partial charge is 0.380 e. The number of nitrogens with two attached hydrogens (primary N) is 1. The summed E-state index contributed by atoms with van der Waals surface area (Å²) in [6.07, 6.45) is 0.667. The Morgan fingerprint density at radius 2 is 1.39 bits per heavy atom. The van der Waals surface area contributed by atoms with Crippen LogP contribution in [0.4, 0.5) is 0 Å². The predicted octanol–water partition coefficient (Wildman–Crippen LogP) is 0.581. The summed E-state index contributed by atoms with van der Waals surface area (Å²) in [5.74, 6) is 0. The minimum atomic E-state index is -0.735. The third kappa shape index (κ3) is 8.91. The highest BCUT2D eigenvalue weighted by Crippen LogP contribution is 2.05. The van der Waals surface area contributed by atoms with Crippen LogP contribution in [0.25, 0.3) is 0 Å². The molecule has 6 heteroatoms. The van der Waals surface area contributed by atoms with Crippen LogP contribution in [-0.2, 0) is 14.2 Å². The van der Waals surface area contributed by atoms with Gasteiger partial charge in [0.25, 0.3) is 0 Å². The van der Waals surface area contributed by atoms with E-state index in [2.05, 4.69) is 0 Å². The fourth-order valence-corrected chi connectivity index (χ4v) is 1.22. The zero-order valence-corrected chi connectivity index (χ0v) is 10.9. The molecule has 102 valence electrons. The van der Waals surface area contributed by atoms with Crippen molar-refractivity contribution in [1.82, 2.24) is 0 Å². The van der Waals surface area contributed by atoms with Crippen LogP contribution in [0, 0.1) is 22.7 Å². The second kappa shape index (κ2) is 10.9. The summed E-state index contributed by atoms with van der Waals surface area (Å²) in [6.45, 7) is 3.99. The van der Waals surface area contributed by atoms with E-state index in [4.69, 9.17) is 30.5 Å². The first-order valence-electron chi connectivity index (χ1n) is 5.94. The van der Waals surface area contributed by atoms with Gasteiger partial charge in [-0.15, -0.1) is 0 Å². The molecule has 0 fully saturated rings. The monoisotopic (exact) mass is 255 g/mol. The first kappa shape index (κ1) is 16.8. The van der Waals surface area contributed by atoms with Crippen LogP contribution in [0.2, 0.25) is 0 Å². The summed E-state index contributed by atoms with van der Waals surface area (Å²) in [6, 6.07) is 3.99. The first-order valence-corrected chi connectivity index (χ1v) is 5.94. The molecule has 0 atom stereocenters. The Hall–Kier alpha value is -1.18. The average molecular weight is 255 g/mol. The Labute approximate surface area is 108 Å².